The maximum absolute atomic E-state index is 11.2. The molecule has 0 rings (SSSR count). The molecule has 0 saturated heterocycles. The number of rotatable bonds is 3. The van der Waals surface area contributed by atoms with Crippen LogP contribution in [-0.2, 0) is 9.53 Å². The molecule has 0 aromatic heterocycles. The zero-order valence-corrected chi connectivity index (χ0v) is 8.05. The number of nitrogens with zero attached hydrogens (tertiary/aromatic N) is 1. The molecule has 0 saturated carbocycles. The van der Waals surface area contributed by atoms with Crippen molar-refractivity contribution >= 4 is 5.97 Å². The fourth-order valence-electron chi connectivity index (χ4n) is 0.468. The Labute approximate surface area is 73.3 Å². The molecule has 0 unspecified atom stereocenters. The van der Waals surface area contributed by atoms with E-state index >= 15 is 0 Å². The van der Waals surface area contributed by atoms with Crippen LogP contribution in [0.1, 0.15) is 27.7 Å². The van der Waals surface area contributed by atoms with Gasteiger partial charge in [-0.15, -0.1) is 0 Å². The van der Waals surface area contributed by atoms with Gasteiger partial charge in [0.1, 0.15) is 5.41 Å². The van der Waals surface area contributed by atoms with Crippen LogP contribution in [0.25, 0.3) is 0 Å². The third-order valence-electron chi connectivity index (χ3n) is 1.34. The highest BCUT2D eigenvalue weighted by molar-refractivity contribution is 5.78. The van der Waals surface area contributed by atoms with E-state index in [2.05, 4.69) is 0 Å². The fraction of sp³-hybridized carbons (Fsp3) is 0.778. The van der Waals surface area contributed by atoms with Gasteiger partial charge >= 0.3 is 5.97 Å². The lowest BCUT2D eigenvalue weighted by Crippen LogP contribution is -2.26. The molecular weight excluding hydrogens is 154 g/mol. The molecule has 0 aliphatic heterocycles. The van der Waals surface area contributed by atoms with Crippen molar-refractivity contribution in [3.05, 3.63) is 0 Å². The number of hydrogen-bond acceptors (Lipinski definition) is 3. The molecule has 0 fully saturated rings. The second-order valence-electron chi connectivity index (χ2n) is 3.73. The van der Waals surface area contributed by atoms with E-state index in [0.717, 1.165) is 0 Å². The van der Waals surface area contributed by atoms with E-state index in [1.807, 2.05) is 19.9 Å². The first-order chi connectivity index (χ1) is 5.40. The molecule has 0 spiro atoms. The van der Waals surface area contributed by atoms with Gasteiger partial charge in [0.05, 0.1) is 12.7 Å². The molecule has 0 aromatic rings. The number of esters is 1. The Balaban J connectivity index is 3.99. The van der Waals surface area contributed by atoms with E-state index in [0.29, 0.717) is 12.5 Å². The van der Waals surface area contributed by atoms with Crippen LogP contribution in [0.2, 0.25) is 0 Å². The second-order valence-corrected chi connectivity index (χ2v) is 3.73. The molecule has 0 heterocycles. The van der Waals surface area contributed by atoms with E-state index in [-0.39, 0.29) is 0 Å². The normalized spacial score (nSPS) is 11.0. The van der Waals surface area contributed by atoms with Gasteiger partial charge in [-0.3, -0.25) is 4.79 Å². The van der Waals surface area contributed by atoms with E-state index in [9.17, 15) is 4.79 Å². The number of hydrogen-bond donors (Lipinski definition) is 0. The van der Waals surface area contributed by atoms with Gasteiger partial charge in [0.2, 0.25) is 0 Å². The molecular formula is C9H15NO2. The van der Waals surface area contributed by atoms with Gasteiger partial charge in [0, 0.05) is 0 Å². The van der Waals surface area contributed by atoms with Crippen molar-refractivity contribution < 1.29 is 9.53 Å². The topological polar surface area (TPSA) is 50.1 Å². The summed E-state index contributed by atoms with van der Waals surface area (Å²) in [6.07, 6.45) is 0. The Hall–Kier alpha value is -1.04. The van der Waals surface area contributed by atoms with E-state index in [1.54, 1.807) is 13.8 Å². The van der Waals surface area contributed by atoms with Crippen LogP contribution < -0.4 is 0 Å². The molecule has 3 heteroatoms. The number of carbonyl (C=O) groups excluding carboxylic acids is 1. The summed E-state index contributed by atoms with van der Waals surface area (Å²) in [6, 6.07) is 1.89. The summed E-state index contributed by atoms with van der Waals surface area (Å²) in [5.74, 6) is -0.137. The molecule has 68 valence electrons. The fourth-order valence-corrected chi connectivity index (χ4v) is 0.468. The summed E-state index contributed by atoms with van der Waals surface area (Å²) in [4.78, 5) is 11.2. The molecule has 0 amide bonds. The standard InChI is InChI=1S/C9H15NO2/c1-7(2)5-12-8(11)9(3,4)6-10/h7H,5H2,1-4H3. The predicted molar refractivity (Wildman–Crippen MR) is 45.2 cm³/mol. The van der Waals surface area contributed by atoms with Gasteiger partial charge in [-0.2, -0.15) is 5.26 Å². The molecule has 0 aromatic carbocycles. The lowest BCUT2D eigenvalue weighted by Gasteiger charge is -2.14. The molecule has 0 N–H and O–H groups in total. The van der Waals surface area contributed by atoms with E-state index in [4.69, 9.17) is 10.00 Å². The van der Waals surface area contributed by atoms with Crippen LogP contribution in [0.5, 0.6) is 0 Å². The number of ether oxygens (including phenoxy) is 1. The van der Waals surface area contributed by atoms with Crippen molar-refractivity contribution in [1.29, 1.82) is 5.26 Å². The lowest BCUT2D eigenvalue weighted by atomic mass is 9.96. The van der Waals surface area contributed by atoms with Crippen LogP contribution in [0.3, 0.4) is 0 Å². The van der Waals surface area contributed by atoms with E-state index in [1.165, 1.54) is 0 Å². The summed E-state index contributed by atoms with van der Waals surface area (Å²) in [7, 11) is 0. The third-order valence-corrected chi connectivity index (χ3v) is 1.34. The minimum atomic E-state index is -1.02. The van der Waals surface area contributed by atoms with Gasteiger partial charge < -0.3 is 4.74 Å². The van der Waals surface area contributed by atoms with Crippen molar-refractivity contribution in [3.8, 4) is 6.07 Å². The Morgan fingerprint density at radius 2 is 2.08 bits per heavy atom. The van der Waals surface area contributed by atoms with Crippen LogP contribution in [-0.4, -0.2) is 12.6 Å². The highest BCUT2D eigenvalue weighted by Crippen LogP contribution is 2.15. The average molecular weight is 169 g/mol. The Kier molecular flexibility index (Phi) is 3.75. The average Bonchev–Trinajstić information content (AvgIpc) is 2.00. The zero-order chi connectivity index (χ0) is 9.78. The van der Waals surface area contributed by atoms with Crippen LogP contribution >= 0.6 is 0 Å². The van der Waals surface area contributed by atoms with E-state index < -0.39 is 11.4 Å². The van der Waals surface area contributed by atoms with Crippen LogP contribution in [0.15, 0.2) is 0 Å². The first kappa shape index (κ1) is 11.0. The number of nitriles is 1. The highest BCUT2D eigenvalue weighted by atomic mass is 16.5. The maximum atomic E-state index is 11.2. The molecule has 0 aliphatic carbocycles. The van der Waals surface area contributed by atoms with Crippen molar-refractivity contribution in [2.24, 2.45) is 11.3 Å². The first-order valence-electron chi connectivity index (χ1n) is 3.98. The largest absolute Gasteiger partial charge is 0.464 e. The molecule has 0 atom stereocenters. The van der Waals surface area contributed by atoms with Gasteiger partial charge in [-0.1, -0.05) is 13.8 Å². The van der Waals surface area contributed by atoms with Crippen molar-refractivity contribution in [1.82, 2.24) is 0 Å². The van der Waals surface area contributed by atoms with Gasteiger partial charge in [-0.05, 0) is 19.8 Å². The highest BCUT2D eigenvalue weighted by Gasteiger charge is 2.28. The molecule has 0 bridgehead atoms. The lowest BCUT2D eigenvalue weighted by molar-refractivity contribution is -0.151. The SMILES string of the molecule is CC(C)COC(=O)C(C)(C)C#N. The first-order valence-corrected chi connectivity index (χ1v) is 3.98. The zero-order valence-electron chi connectivity index (χ0n) is 8.05. The quantitative estimate of drug-likeness (QED) is 0.604. The minimum absolute atomic E-state index is 0.309. The molecule has 0 radical (unpaired) electrons. The third kappa shape index (κ3) is 3.38. The predicted octanol–water partition coefficient (Wildman–Crippen LogP) is 1.74. The van der Waals surface area contributed by atoms with Crippen molar-refractivity contribution in [2.45, 2.75) is 27.7 Å². The summed E-state index contributed by atoms with van der Waals surface area (Å²) in [6.45, 7) is 7.38. The van der Waals surface area contributed by atoms with Crippen LogP contribution in [0.4, 0.5) is 0 Å². The minimum Gasteiger partial charge on any atom is -0.464 e. The monoisotopic (exact) mass is 169 g/mol. The summed E-state index contributed by atoms with van der Waals surface area (Å²) >= 11 is 0. The van der Waals surface area contributed by atoms with Gasteiger partial charge in [0.15, 0.2) is 0 Å². The molecule has 0 aliphatic rings. The van der Waals surface area contributed by atoms with Crippen molar-refractivity contribution in [2.75, 3.05) is 6.61 Å². The maximum Gasteiger partial charge on any atom is 0.325 e. The number of carbonyl (C=O) groups is 1. The second kappa shape index (κ2) is 4.10. The summed E-state index contributed by atoms with van der Waals surface area (Å²) in [5.41, 5.74) is -1.02. The van der Waals surface area contributed by atoms with Gasteiger partial charge in [-0.25, -0.2) is 0 Å². The molecule has 12 heavy (non-hydrogen) atoms. The summed E-state index contributed by atoms with van der Waals surface area (Å²) < 4.78 is 4.90. The van der Waals surface area contributed by atoms with Crippen molar-refractivity contribution in [3.63, 3.8) is 0 Å². The smallest absolute Gasteiger partial charge is 0.325 e. The van der Waals surface area contributed by atoms with Crippen LogP contribution in [0, 0.1) is 22.7 Å². The Bertz CT molecular complexity index is 201. The Morgan fingerprint density at radius 1 is 1.58 bits per heavy atom. The Morgan fingerprint density at radius 3 is 2.42 bits per heavy atom. The molecule has 3 nitrogen and oxygen atoms in total. The van der Waals surface area contributed by atoms with Gasteiger partial charge in [0.25, 0.3) is 0 Å². The summed E-state index contributed by atoms with van der Waals surface area (Å²) in [5, 5.41) is 8.58.